The lowest BCUT2D eigenvalue weighted by Gasteiger charge is -2.23. The van der Waals surface area contributed by atoms with E-state index < -0.39 is 5.54 Å². The van der Waals surface area contributed by atoms with Crippen LogP contribution in [0.1, 0.15) is 37.3 Å². The van der Waals surface area contributed by atoms with E-state index in [2.05, 4.69) is 5.32 Å². The molecule has 0 aromatic heterocycles. The van der Waals surface area contributed by atoms with Gasteiger partial charge in [-0.05, 0) is 18.4 Å². The van der Waals surface area contributed by atoms with Crippen LogP contribution in [0, 0.1) is 0 Å². The van der Waals surface area contributed by atoms with Gasteiger partial charge in [0, 0.05) is 12.6 Å². The zero-order valence-corrected chi connectivity index (χ0v) is 10.6. The molecule has 1 atom stereocenters. The van der Waals surface area contributed by atoms with Gasteiger partial charge in [0.25, 0.3) is 0 Å². The van der Waals surface area contributed by atoms with Gasteiger partial charge >= 0.3 is 0 Å². The van der Waals surface area contributed by atoms with Crippen LogP contribution >= 0.6 is 0 Å². The van der Waals surface area contributed by atoms with E-state index in [0.717, 1.165) is 31.2 Å². The number of nitrogens with two attached hydrogens (primary N) is 2. The number of hydrogen-bond acceptors (Lipinski definition) is 3. The van der Waals surface area contributed by atoms with Crippen LogP contribution in [0.25, 0.3) is 0 Å². The van der Waals surface area contributed by atoms with E-state index in [9.17, 15) is 4.79 Å². The highest BCUT2D eigenvalue weighted by Gasteiger charge is 2.36. The average molecular weight is 247 g/mol. The van der Waals surface area contributed by atoms with E-state index in [4.69, 9.17) is 11.5 Å². The van der Waals surface area contributed by atoms with Crippen molar-refractivity contribution in [1.29, 1.82) is 0 Å². The Labute approximate surface area is 108 Å². The topological polar surface area (TPSA) is 81.1 Å². The van der Waals surface area contributed by atoms with Crippen molar-refractivity contribution in [2.75, 3.05) is 6.54 Å². The molecule has 0 bridgehead atoms. The van der Waals surface area contributed by atoms with Gasteiger partial charge in [-0.1, -0.05) is 43.2 Å². The lowest BCUT2D eigenvalue weighted by molar-refractivity contribution is -0.126. The summed E-state index contributed by atoms with van der Waals surface area (Å²) in [5, 5.41) is 2.87. The third kappa shape index (κ3) is 2.89. The second-order valence-corrected chi connectivity index (χ2v) is 5.09. The molecule has 0 heterocycles. The Bertz CT molecular complexity index is 399. The molecule has 5 N–H and O–H groups in total. The van der Waals surface area contributed by atoms with Crippen LogP contribution in [0.3, 0.4) is 0 Å². The Balaban J connectivity index is 1.86. The van der Waals surface area contributed by atoms with E-state index in [1.54, 1.807) is 0 Å². The Morgan fingerprint density at radius 3 is 2.50 bits per heavy atom. The molecule has 0 spiro atoms. The van der Waals surface area contributed by atoms with Gasteiger partial charge in [-0.25, -0.2) is 0 Å². The minimum absolute atomic E-state index is 0.0635. The summed E-state index contributed by atoms with van der Waals surface area (Å²) in [5.41, 5.74) is 12.5. The first kappa shape index (κ1) is 13.1. The van der Waals surface area contributed by atoms with Gasteiger partial charge in [-0.2, -0.15) is 0 Å². The summed E-state index contributed by atoms with van der Waals surface area (Å²) in [6.07, 6.45) is 3.63. The third-order valence-electron chi connectivity index (χ3n) is 3.66. The zero-order valence-electron chi connectivity index (χ0n) is 10.6. The molecule has 0 saturated heterocycles. The molecule has 1 aromatic rings. The molecule has 2 rings (SSSR count). The lowest BCUT2D eigenvalue weighted by Crippen LogP contribution is -2.53. The van der Waals surface area contributed by atoms with Crippen molar-refractivity contribution in [2.45, 2.75) is 37.3 Å². The van der Waals surface area contributed by atoms with Crippen molar-refractivity contribution in [2.24, 2.45) is 11.5 Å². The van der Waals surface area contributed by atoms with Gasteiger partial charge < -0.3 is 16.8 Å². The first-order chi connectivity index (χ1) is 8.62. The predicted molar refractivity (Wildman–Crippen MR) is 71.8 cm³/mol. The predicted octanol–water partition coefficient (Wildman–Crippen LogP) is 1.07. The SMILES string of the molecule is NC(CNC(=O)C1(N)CCCC1)c1ccccc1. The molecule has 1 aliphatic carbocycles. The maximum absolute atomic E-state index is 12.0. The summed E-state index contributed by atoms with van der Waals surface area (Å²) in [5.74, 6) is -0.0635. The molecule has 1 aromatic carbocycles. The second kappa shape index (κ2) is 5.50. The fourth-order valence-corrected chi connectivity index (χ4v) is 2.43. The van der Waals surface area contributed by atoms with Crippen LogP contribution in [0.15, 0.2) is 30.3 Å². The molecular formula is C14H21N3O. The minimum atomic E-state index is -0.670. The molecule has 0 radical (unpaired) electrons. The number of rotatable bonds is 4. The molecule has 1 amide bonds. The first-order valence-electron chi connectivity index (χ1n) is 6.49. The van der Waals surface area contributed by atoms with E-state index in [1.807, 2.05) is 30.3 Å². The minimum Gasteiger partial charge on any atom is -0.353 e. The molecular weight excluding hydrogens is 226 g/mol. The number of benzene rings is 1. The summed E-state index contributed by atoms with van der Waals surface area (Å²) in [6.45, 7) is 0.432. The largest absolute Gasteiger partial charge is 0.353 e. The van der Waals surface area contributed by atoms with Crippen LogP contribution in [0.2, 0.25) is 0 Å². The second-order valence-electron chi connectivity index (χ2n) is 5.09. The van der Waals surface area contributed by atoms with Gasteiger partial charge in [-0.15, -0.1) is 0 Å². The maximum atomic E-state index is 12.0. The molecule has 1 unspecified atom stereocenters. The molecule has 0 aliphatic heterocycles. The van der Waals surface area contributed by atoms with Crippen LogP contribution in [0.4, 0.5) is 0 Å². The van der Waals surface area contributed by atoms with Gasteiger partial charge in [0.2, 0.25) is 5.91 Å². The van der Waals surface area contributed by atoms with Gasteiger partial charge in [0.15, 0.2) is 0 Å². The molecule has 4 heteroatoms. The Kier molecular flexibility index (Phi) is 3.99. The standard InChI is InChI=1S/C14H21N3O/c15-12(11-6-2-1-3-7-11)10-17-13(18)14(16)8-4-5-9-14/h1-3,6-7,12H,4-5,8-10,15-16H2,(H,17,18). The van der Waals surface area contributed by atoms with Crippen molar-refractivity contribution < 1.29 is 4.79 Å². The summed E-state index contributed by atoms with van der Waals surface area (Å²) >= 11 is 0. The molecule has 1 aliphatic rings. The average Bonchev–Trinajstić information content (AvgIpc) is 2.85. The third-order valence-corrected chi connectivity index (χ3v) is 3.66. The van der Waals surface area contributed by atoms with Crippen LogP contribution in [-0.2, 0) is 4.79 Å². The Morgan fingerprint density at radius 2 is 1.89 bits per heavy atom. The number of carbonyl (C=O) groups is 1. The van der Waals surface area contributed by atoms with E-state index in [0.29, 0.717) is 6.54 Å². The zero-order chi connectivity index (χ0) is 13.0. The van der Waals surface area contributed by atoms with Crippen molar-refractivity contribution in [3.05, 3.63) is 35.9 Å². The normalized spacial score (nSPS) is 19.4. The van der Waals surface area contributed by atoms with Crippen LogP contribution in [-0.4, -0.2) is 18.0 Å². The van der Waals surface area contributed by atoms with Gasteiger partial charge in [-0.3, -0.25) is 4.79 Å². The smallest absolute Gasteiger partial charge is 0.240 e. The highest BCUT2D eigenvalue weighted by molar-refractivity contribution is 5.86. The first-order valence-corrected chi connectivity index (χ1v) is 6.49. The summed E-state index contributed by atoms with van der Waals surface area (Å²) in [4.78, 5) is 12.0. The lowest BCUT2D eigenvalue weighted by atomic mass is 9.98. The van der Waals surface area contributed by atoms with E-state index in [1.165, 1.54) is 0 Å². The van der Waals surface area contributed by atoms with Crippen LogP contribution in [0.5, 0.6) is 0 Å². The summed E-state index contributed by atoms with van der Waals surface area (Å²) in [7, 11) is 0. The number of hydrogen-bond donors (Lipinski definition) is 3. The highest BCUT2D eigenvalue weighted by atomic mass is 16.2. The summed E-state index contributed by atoms with van der Waals surface area (Å²) < 4.78 is 0. The van der Waals surface area contributed by atoms with Crippen LogP contribution < -0.4 is 16.8 Å². The van der Waals surface area contributed by atoms with Crippen molar-refractivity contribution in [3.63, 3.8) is 0 Å². The fourth-order valence-electron chi connectivity index (χ4n) is 2.43. The Hall–Kier alpha value is -1.39. The quantitative estimate of drug-likeness (QED) is 0.744. The van der Waals surface area contributed by atoms with E-state index in [-0.39, 0.29) is 11.9 Å². The summed E-state index contributed by atoms with van der Waals surface area (Å²) in [6, 6.07) is 9.58. The highest BCUT2D eigenvalue weighted by Crippen LogP contribution is 2.27. The molecule has 18 heavy (non-hydrogen) atoms. The van der Waals surface area contributed by atoms with Crippen molar-refractivity contribution in [1.82, 2.24) is 5.32 Å². The fraction of sp³-hybridized carbons (Fsp3) is 0.500. The molecule has 4 nitrogen and oxygen atoms in total. The number of carbonyl (C=O) groups excluding carboxylic acids is 1. The number of nitrogens with one attached hydrogen (secondary N) is 1. The van der Waals surface area contributed by atoms with Crippen molar-refractivity contribution >= 4 is 5.91 Å². The molecule has 98 valence electrons. The van der Waals surface area contributed by atoms with Gasteiger partial charge in [0.05, 0.1) is 5.54 Å². The molecule has 1 fully saturated rings. The van der Waals surface area contributed by atoms with E-state index >= 15 is 0 Å². The number of amides is 1. The maximum Gasteiger partial charge on any atom is 0.240 e. The monoisotopic (exact) mass is 247 g/mol. The van der Waals surface area contributed by atoms with Gasteiger partial charge in [0.1, 0.15) is 0 Å². The van der Waals surface area contributed by atoms with Crippen molar-refractivity contribution in [3.8, 4) is 0 Å². The molecule has 1 saturated carbocycles. The Morgan fingerprint density at radius 1 is 1.28 bits per heavy atom.